The summed E-state index contributed by atoms with van der Waals surface area (Å²) in [5.41, 5.74) is 0.290. The van der Waals surface area contributed by atoms with Crippen molar-refractivity contribution in [1.82, 2.24) is 29.5 Å². The molecule has 0 aliphatic carbocycles. The summed E-state index contributed by atoms with van der Waals surface area (Å²) in [6.07, 6.45) is 2.44. The van der Waals surface area contributed by atoms with Gasteiger partial charge in [0, 0.05) is 48.4 Å². The molecule has 0 saturated carbocycles. The molecule has 0 unspecified atom stereocenters. The minimum absolute atomic E-state index is 0.0129. The lowest BCUT2D eigenvalue weighted by molar-refractivity contribution is -0.141. The van der Waals surface area contributed by atoms with Gasteiger partial charge < -0.3 is 14.8 Å². The number of aryl methyl sites for hydroxylation is 1. The Morgan fingerprint density at radius 3 is 2.65 bits per heavy atom. The Balaban J connectivity index is 1.40. The monoisotopic (exact) mass is 714 g/mol. The SMILES string of the molecule is C[C@H](Cc1cccc([C@@]2(C)CCC(F)(F)COc3ccn(n3)Cc3c(c(F)cc4[nH]ccc34)C(=O)c3ccc(F)c(c3)-c3nc2nn3C)c1)C(=O)O. The molecule has 0 fully saturated rings. The smallest absolute Gasteiger partial charge is 0.306 e. The minimum atomic E-state index is -3.35. The molecular formula is C38H34F4N6O4. The molecule has 0 saturated heterocycles. The van der Waals surface area contributed by atoms with Gasteiger partial charge in [-0.05, 0) is 66.8 Å². The number of carbonyl (C=O) groups excluding carboxylic acids is 1. The fourth-order valence-electron chi connectivity index (χ4n) is 6.71. The molecule has 268 valence electrons. The van der Waals surface area contributed by atoms with Crippen LogP contribution in [0.1, 0.15) is 65.1 Å². The number of ether oxygens (including phenoxy) is 1. The van der Waals surface area contributed by atoms with Crippen molar-refractivity contribution in [2.75, 3.05) is 6.61 Å². The number of fused-ring (bicyclic) bond motifs is 10. The Morgan fingerprint density at radius 1 is 1.06 bits per heavy atom. The third kappa shape index (κ3) is 6.44. The second-order valence-electron chi connectivity index (χ2n) is 13.5. The maximum absolute atomic E-state index is 15.9. The molecule has 52 heavy (non-hydrogen) atoms. The highest BCUT2D eigenvalue weighted by Gasteiger charge is 2.40. The number of rotatable bonds is 4. The summed E-state index contributed by atoms with van der Waals surface area (Å²) in [5.74, 6) is -7.25. The normalized spacial score (nSPS) is 18.2. The van der Waals surface area contributed by atoms with Crippen LogP contribution in [0.5, 0.6) is 5.88 Å². The van der Waals surface area contributed by atoms with E-state index < -0.39 is 53.7 Å². The first-order valence-electron chi connectivity index (χ1n) is 16.6. The van der Waals surface area contributed by atoms with Crippen molar-refractivity contribution in [2.45, 2.75) is 51.0 Å². The van der Waals surface area contributed by atoms with Crippen molar-refractivity contribution in [3.05, 3.63) is 118 Å². The summed E-state index contributed by atoms with van der Waals surface area (Å²) < 4.78 is 71.0. The van der Waals surface area contributed by atoms with Gasteiger partial charge in [0.15, 0.2) is 24.0 Å². The third-order valence-electron chi connectivity index (χ3n) is 9.75. The van der Waals surface area contributed by atoms with Crippen molar-refractivity contribution in [3.8, 4) is 17.3 Å². The van der Waals surface area contributed by atoms with Gasteiger partial charge in [-0.2, -0.15) is 5.10 Å². The summed E-state index contributed by atoms with van der Waals surface area (Å²) >= 11 is 0. The van der Waals surface area contributed by atoms with Crippen LogP contribution in [0.15, 0.2) is 73.1 Å². The number of aromatic nitrogens is 6. The molecule has 6 bridgehead atoms. The van der Waals surface area contributed by atoms with E-state index in [0.717, 1.165) is 6.07 Å². The molecule has 7 rings (SSSR count). The number of alkyl halides is 2. The second-order valence-corrected chi connectivity index (χ2v) is 13.5. The van der Waals surface area contributed by atoms with Gasteiger partial charge in [0.2, 0.25) is 5.88 Å². The van der Waals surface area contributed by atoms with Gasteiger partial charge in [-0.25, -0.2) is 27.2 Å². The highest BCUT2D eigenvalue weighted by molar-refractivity contribution is 6.12. The van der Waals surface area contributed by atoms with E-state index in [-0.39, 0.29) is 59.2 Å². The van der Waals surface area contributed by atoms with E-state index in [2.05, 4.69) is 20.2 Å². The van der Waals surface area contributed by atoms with E-state index in [1.807, 2.05) is 0 Å². The summed E-state index contributed by atoms with van der Waals surface area (Å²) in [6, 6.07) is 14.9. The van der Waals surface area contributed by atoms with Crippen LogP contribution in [-0.4, -0.2) is 58.9 Å². The lowest BCUT2D eigenvalue weighted by Crippen LogP contribution is -2.32. The number of H-pyrrole nitrogens is 1. The molecule has 2 N–H and O–H groups in total. The highest BCUT2D eigenvalue weighted by atomic mass is 19.3. The first-order valence-corrected chi connectivity index (χ1v) is 16.6. The summed E-state index contributed by atoms with van der Waals surface area (Å²) in [6.45, 7) is 2.17. The fraction of sp³-hybridized carbons (Fsp3) is 0.289. The topological polar surface area (TPSA) is 128 Å². The van der Waals surface area contributed by atoms with Gasteiger partial charge in [-0.15, -0.1) is 5.10 Å². The number of halogens is 4. The summed E-state index contributed by atoms with van der Waals surface area (Å²) in [4.78, 5) is 33.4. The van der Waals surface area contributed by atoms with Crippen LogP contribution in [-0.2, 0) is 30.2 Å². The zero-order chi connectivity index (χ0) is 36.9. The lowest BCUT2D eigenvalue weighted by Gasteiger charge is -2.30. The second kappa shape index (κ2) is 13.1. The molecule has 3 aromatic heterocycles. The van der Waals surface area contributed by atoms with Crippen LogP contribution in [0.3, 0.4) is 0 Å². The molecule has 10 nitrogen and oxygen atoms in total. The first kappa shape index (κ1) is 34.6. The summed E-state index contributed by atoms with van der Waals surface area (Å²) in [7, 11) is 1.52. The average molecular weight is 715 g/mol. The Morgan fingerprint density at radius 2 is 1.87 bits per heavy atom. The number of carboxylic acid groups (broad SMARTS) is 1. The number of aliphatic carboxylic acids is 1. The molecule has 0 radical (unpaired) electrons. The summed E-state index contributed by atoms with van der Waals surface area (Å²) in [5, 5.41) is 18.9. The lowest BCUT2D eigenvalue weighted by atomic mass is 9.76. The Labute approximate surface area is 295 Å². The molecule has 0 spiro atoms. The van der Waals surface area contributed by atoms with Gasteiger partial charge >= 0.3 is 5.97 Å². The molecule has 4 heterocycles. The maximum atomic E-state index is 15.9. The molecule has 0 amide bonds. The van der Waals surface area contributed by atoms with E-state index in [1.165, 1.54) is 46.9 Å². The molecule has 6 aromatic rings. The molecule has 2 atom stereocenters. The van der Waals surface area contributed by atoms with Crippen LogP contribution in [0, 0.1) is 17.6 Å². The van der Waals surface area contributed by atoms with Crippen LogP contribution < -0.4 is 4.74 Å². The van der Waals surface area contributed by atoms with E-state index in [4.69, 9.17) is 4.74 Å². The first-order chi connectivity index (χ1) is 24.7. The minimum Gasteiger partial charge on any atom is -0.481 e. The third-order valence-corrected chi connectivity index (χ3v) is 9.75. The van der Waals surface area contributed by atoms with Gasteiger partial charge in [0.25, 0.3) is 5.92 Å². The van der Waals surface area contributed by atoms with Crippen LogP contribution in [0.2, 0.25) is 0 Å². The van der Waals surface area contributed by atoms with Crippen LogP contribution >= 0.6 is 0 Å². The van der Waals surface area contributed by atoms with Crippen molar-refractivity contribution in [3.63, 3.8) is 0 Å². The number of hydrogen-bond donors (Lipinski definition) is 2. The molecule has 1 aliphatic heterocycles. The highest BCUT2D eigenvalue weighted by Crippen LogP contribution is 2.40. The number of nitrogens with one attached hydrogen (secondary N) is 1. The Kier molecular flexibility index (Phi) is 8.71. The van der Waals surface area contributed by atoms with Crippen molar-refractivity contribution < 1.29 is 37.0 Å². The number of benzene rings is 3. The number of carboxylic acids is 1. The van der Waals surface area contributed by atoms with Crippen molar-refractivity contribution in [1.29, 1.82) is 0 Å². The number of carbonyl (C=O) groups is 2. The van der Waals surface area contributed by atoms with Crippen LogP contribution in [0.4, 0.5) is 17.6 Å². The largest absolute Gasteiger partial charge is 0.481 e. The Hall–Kier alpha value is -5.79. The maximum Gasteiger partial charge on any atom is 0.306 e. The van der Waals surface area contributed by atoms with Gasteiger partial charge in [-0.1, -0.05) is 31.2 Å². The molecule has 1 aliphatic rings. The fourth-order valence-corrected chi connectivity index (χ4v) is 6.71. The standard InChI is InChI=1S/C38H34F4N6O4/c1-21(35(50)51)15-22-5-4-6-24(16-22)37(2)11-12-38(41,42)20-52-31-10-14-48(45-31)19-27-25-9-13-43-30(25)18-29(40)32(27)33(49)23-7-8-28(39)26(17-23)34-44-36(37)46-47(34)3/h4-10,13-14,16-18,21,43H,11-12,15,19-20H2,1-3H3,(H,50,51)/t21-,37-/m1/s1. The van der Waals surface area contributed by atoms with Crippen LogP contribution in [0.25, 0.3) is 22.3 Å². The van der Waals surface area contributed by atoms with E-state index in [1.54, 1.807) is 50.4 Å². The molecular weight excluding hydrogens is 680 g/mol. The zero-order valence-electron chi connectivity index (χ0n) is 28.5. The van der Waals surface area contributed by atoms with E-state index in [0.29, 0.717) is 22.0 Å². The number of aromatic amines is 1. The predicted molar refractivity (Wildman–Crippen MR) is 182 cm³/mol. The van der Waals surface area contributed by atoms with Gasteiger partial charge in [0.05, 0.1) is 29.0 Å². The van der Waals surface area contributed by atoms with Gasteiger partial charge in [-0.3, -0.25) is 14.3 Å². The average Bonchev–Trinajstić information content (AvgIpc) is 3.86. The predicted octanol–water partition coefficient (Wildman–Crippen LogP) is 7.09. The van der Waals surface area contributed by atoms with Gasteiger partial charge in [0.1, 0.15) is 11.6 Å². The van der Waals surface area contributed by atoms with E-state index >= 15 is 17.6 Å². The number of nitrogens with zero attached hydrogens (tertiary/aromatic N) is 5. The molecule has 3 aromatic carbocycles. The van der Waals surface area contributed by atoms with E-state index in [9.17, 15) is 14.7 Å². The molecule has 14 heteroatoms. The number of ketones is 1. The Bertz CT molecular complexity index is 2350. The quantitative estimate of drug-likeness (QED) is 0.187. The number of hydrogen-bond acceptors (Lipinski definition) is 6. The zero-order valence-corrected chi connectivity index (χ0v) is 28.5. The van der Waals surface area contributed by atoms with Crippen molar-refractivity contribution in [2.24, 2.45) is 13.0 Å². The van der Waals surface area contributed by atoms with Crippen molar-refractivity contribution >= 4 is 22.7 Å².